The van der Waals surface area contributed by atoms with Crippen LogP contribution in [0.2, 0.25) is 0 Å². The monoisotopic (exact) mass is 611 g/mol. The first kappa shape index (κ1) is 21.7. The molecular formula is C29H25IrNP-. The second-order valence-electron chi connectivity index (χ2n) is 9.65. The van der Waals surface area contributed by atoms with Crippen molar-refractivity contribution in [2.75, 3.05) is 0 Å². The molecule has 4 aromatic rings. The third-order valence-corrected chi connectivity index (χ3v) is 9.79. The quantitative estimate of drug-likeness (QED) is 0.203. The first-order valence-electron chi connectivity index (χ1n) is 10.9. The molecule has 3 aromatic carbocycles. The number of rotatable bonds is 1. The van der Waals surface area contributed by atoms with Crippen LogP contribution in [-0.4, -0.2) is 4.98 Å². The molecule has 0 saturated carbocycles. The summed E-state index contributed by atoms with van der Waals surface area (Å²) in [5.74, 6) is 0. The van der Waals surface area contributed by atoms with Crippen molar-refractivity contribution in [1.82, 2.24) is 4.98 Å². The van der Waals surface area contributed by atoms with E-state index in [1.165, 1.54) is 38.2 Å². The molecular weight excluding hydrogens is 586 g/mol. The Morgan fingerprint density at radius 1 is 0.719 bits per heavy atom. The van der Waals surface area contributed by atoms with Crippen LogP contribution in [0.1, 0.15) is 49.9 Å². The van der Waals surface area contributed by atoms with Gasteiger partial charge in [0, 0.05) is 26.3 Å². The smallest absolute Gasteiger partial charge is 0.0160 e. The van der Waals surface area contributed by atoms with Gasteiger partial charge < -0.3 is 4.98 Å². The third kappa shape index (κ3) is 2.87. The topological polar surface area (TPSA) is 12.9 Å². The summed E-state index contributed by atoms with van der Waals surface area (Å²) >= 11 is 0. The SMILES string of the molecule is CC1(C)c2[c-]c(-c3ccccn3)cc3c2P(c2ccccc21)c1ccccc1C3(C)C.[Ir]. The van der Waals surface area contributed by atoms with E-state index >= 15 is 0 Å². The third-order valence-electron chi connectivity index (χ3n) is 7.14. The fraction of sp³-hybridized carbons (Fsp3) is 0.207. The fourth-order valence-electron chi connectivity index (χ4n) is 5.44. The van der Waals surface area contributed by atoms with Crippen LogP contribution in [-0.2, 0) is 30.9 Å². The summed E-state index contributed by atoms with van der Waals surface area (Å²) in [6.07, 6.45) is 1.88. The Labute approximate surface area is 205 Å². The molecule has 161 valence electrons. The number of aromatic nitrogens is 1. The molecule has 0 spiro atoms. The molecule has 2 aliphatic rings. The number of hydrogen-bond acceptors (Lipinski definition) is 1. The zero-order valence-corrected chi connectivity index (χ0v) is 22.0. The van der Waals surface area contributed by atoms with Crippen LogP contribution < -0.4 is 15.9 Å². The summed E-state index contributed by atoms with van der Waals surface area (Å²) in [6, 6.07) is 30.5. The number of fused-ring (bicyclic) bond motifs is 4. The van der Waals surface area contributed by atoms with Crippen molar-refractivity contribution >= 4 is 23.8 Å². The minimum absolute atomic E-state index is 0. The predicted octanol–water partition coefficient (Wildman–Crippen LogP) is 5.58. The van der Waals surface area contributed by atoms with E-state index in [1.54, 1.807) is 0 Å². The van der Waals surface area contributed by atoms with E-state index < -0.39 is 7.92 Å². The molecule has 32 heavy (non-hydrogen) atoms. The van der Waals surface area contributed by atoms with Crippen LogP contribution in [0.25, 0.3) is 11.3 Å². The zero-order valence-electron chi connectivity index (χ0n) is 18.7. The minimum atomic E-state index is -0.601. The number of benzene rings is 3. The maximum absolute atomic E-state index is 4.67. The van der Waals surface area contributed by atoms with Crippen molar-refractivity contribution < 1.29 is 20.1 Å². The summed E-state index contributed by atoms with van der Waals surface area (Å²) in [5, 5.41) is 4.51. The molecule has 3 heteroatoms. The van der Waals surface area contributed by atoms with Crippen molar-refractivity contribution in [3.63, 3.8) is 0 Å². The molecule has 1 unspecified atom stereocenters. The Morgan fingerprint density at radius 3 is 1.94 bits per heavy atom. The first-order valence-corrected chi connectivity index (χ1v) is 12.3. The number of nitrogens with zero attached hydrogens (tertiary/aromatic N) is 1. The zero-order chi connectivity index (χ0) is 21.4. The Bertz CT molecular complexity index is 1260. The van der Waals surface area contributed by atoms with Crippen molar-refractivity contribution in [3.8, 4) is 11.3 Å². The van der Waals surface area contributed by atoms with Gasteiger partial charge in [-0.1, -0.05) is 102 Å². The minimum Gasteiger partial charge on any atom is -0.305 e. The molecule has 1 atom stereocenters. The van der Waals surface area contributed by atoms with Crippen LogP contribution in [0.5, 0.6) is 0 Å². The summed E-state index contributed by atoms with van der Waals surface area (Å²) in [5.41, 5.74) is 7.59. The van der Waals surface area contributed by atoms with Gasteiger partial charge in [-0.15, -0.1) is 28.8 Å². The van der Waals surface area contributed by atoms with Gasteiger partial charge in [-0.05, 0) is 44.3 Å². The summed E-state index contributed by atoms with van der Waals surface area (Å²) < 4.78 is 0. The molecule has 2 aliphatic heterocycles. The Kier molecular flexibility index (Phi) is 5.06. The molecule has 1 nitrogen and oxygen atoms in total. The Hall–Kier alpha value is -2.11. The van der Waals surface area contributed by atoms with Crippen molar-refractivity contribution in [2.45, 2.75) is 38.5 Å². The molecule has 0 bridgehead atoms. The standard InChI is InChI=1S/C29H25NP.Ir/c1-28(2)20-11-5-7-14-25(20)31-26-15-8-6-12-21(26)29(3,4)23-18-19(17-22(28)27(23)31)24-13-9-10-16-30-24;/h5-17H,1-4H3;/q-1;. The van der Waals surface area contributed by atoms with Gasteiger partial charge in [0.25, 0.3) is 0 Å². The van der Waals surface area contributed by atoms with E-state index in [-0.39, 0.29) is 30.9 Å². The number of hydrogen-bond donors (Lipinski definition) is 0. The van der Waals surface area contributed by atoms with Crippen LogP contribution in [0.4, 0.5) is 0 Å². The van der Waals surface area contributed by atoms with Gasteiger partial charge in [0.1, 0.15) is 0 Å². The van der Waals surface area contributed by atoms with Gasteiger partial charge in [-0.2, -0.15) is 0 Å². The Morgan fingerprint density at radius 2 is 1.31 bits per heavy atom. The van der Waals surface area contributed by atoms with E-state index in [9.17, 15) is 0 Å². The predicted molar refractivity (Wildman–Crippen MR) is 131 cm³/mol. The number of pyridine rings is 1. The van der Waals surface area contributed by atoms with Gasteiger partial charge >= 0.3 is 0 Å². The van der Waals surface area contributed by atoms with Gasteiger partial charge in [-0.25, -0.2) is 0 Å². The van der Waals surface area contributed by atoms with Gasteiger partial charge in [-0.3, -0.25) is 0 Å². The molecule has 3 heterocycles. The first-order chi connectivity index (χ1) is 14.9. The molecule has 0 saturated heterocycles. The molecule has 0 aliphatic carbocycles. The molecule has 1 aromatic heterocycles. The Balaban J connectivity index is 0.00000216. The van der Waals surface area contributed by atoms with Crippen LogP contribution in [0.15, 0.2) is 79.0 Å². The second kappa shape index (κ2) is 7.46. The van der Waals surface area contributed by atoms with Gasteiger partial charge in [0.15, 0.2) is 0 Å². The van der Waals surface area contributed by atoms with Crippen molar-refractivity contribution in [3.05, 3.63) is 107 Å². The van der Waals surface area contributed by atoms with Gasteiger partial charge in [0.05, 0.1) is 0 Å². The average molecular weight is 611 g/mol. The van der Waals surface area contributed by atoms with Gasteiger partial charge in [0.2, 0.25) is 0 Å². The van der Waals surface area contributed by atoms with E-state index in [0.29, 0.717) is 0 Å². The summed E-state index contributed by atoms with van der Waals surface area (Å²) in [7, 11) is -0.601. The maximum Gasteiger partial charge on any atom is 0.0160 e. The molecule has 6 rings (SSSR count). The molecule has 0 amide bonds. The van der Waals surface area contributed by atoms with E-state index in [0.717, 1.165) is 11.3 Å². The van der Waals surface area contributed by atoms with Crippen LogP contribution >= 0.6 is 7.92 Å². The maximum atomic E-state index is 4.67. The largest absolute Gasteiger partial charge is 0.305 e. The van der Waals surface area contributed by atoms with Crippen LogP contribution in [0.3, 0.4) is 0 Å². The van der Waals surface area contributed by atoms with Crippen molar-refractivity contribution in [2.24, 2.45) is 0 Å². The summed E-state index contributed by atoms with van der Waals surface area (Å²) in [6.45, 7) is 9.48. The summed E-state index contributed by atoms with van der Waals surface area (Å²) in [4.78, 5) is 4.67. The van der Waals surface area contributed by atoms with Crippen molar-refractivity contribution in [1.29, 1.82) is 0 Å². The fourth-order valence-corrected chi connectivity index (χ4v) is 8.99. The average Bonchev–Trinajstić information content (AvgIpc) is 2.79. The van der Waals surface area contributed by atoms with E-state index in [1.807, 2.05) is 12.3 Å². The van der Waals surface area contributed by atoms with E-state index in [2.05, 4.69) is 105 Å². The molecule has 0 N–H and O–H groups in total. The second-order valence-corrected chi connectivity index (χ2v) is 11.7. The molecule has 0 fully saturated rings. The van der Waals surface area contributed by atoms with E-state index in [4.69, 9.17) is 0 Å². The molecule has 1 radical (unpaired) electrons. The van der Waals surface area contributed by atoms with Crippen LogP contribution in [0, 0.1) is 6.07 Å². The normalized spacial score (nSPS) is 18.6.